The summed E-state index contributed by atoms with van der Waals surface area (Å²) in [5, 5.41) is 0. The van der Waals surface area contributed by atoms with E-state index >= 15 is 9.59 Å². The van der Waals surface area contributed by atoms with Gasteiger partial charge in [-0.3, -0.25) is 0 Å². The van der Waals surface area contributed by atoms with Crippen molar-refractivity contribution in [3.05, 3.63) is 45.2 Å². The van der Waals surface area contributed by atoms with Gasteiger partial charge in [0.25, 0.3) is 0 Å². The zero-order valence-corrected chi connectivity index (χ0v) is 48.8. The second kappa shape index (κ2) is 29.2. The number of hydrogen-bond acceptors (Lipinski definition) is 4. The van der Waals surface area contributed by atoms with Crippen LogP contribution in [0, 0.1) is 0 Å². The van der Waals surface area contributed by atoms with E-state index in [1.807, 2.05) is 22.7 Å². The van der Waals surface area contributed by atoms with Crippen LogP contribution in [-0.4, -0.2) is 71.5 Å². The number of carbonyl (C=O) groups is 2. The predicted molar refractivity (Wildman–Crippen MR) is 282 cm³/mol. The molecule has 0 unspecified atom stereocenters. The van der Waals surface area contributed by atoms with Crippen molar-refractivity contribution in [2.45, 2.75) is 236 Å². The maximum absolute atomic E-state index is 15.4. The van der Waals surface area contributed by atoms with Gasteiger partial charge in [-0.05, 0) is 0 Å². The molecular formula is C54H92N2O2S2Sn2. The van der Waals surface area contributed by atoms with E-state index in [0.29, 0.717) is 13.1 Å². The van der Waals surface area contributed by atoms with Crippen LogP contribution in [0.5, 0.6) is 0 Å². The Hall–Kier alpha value is -0.583. The van der Waals surface area contributed by atoms with Crippen LogP contribution in [0.25, 0.3) is 11.4 Å². The molecule has 2 aromatic heterocycles. The molecule has 0 aliphatic carbocycles. The molecular weight excluding hydrogens is 1010 g/mol. The average Bonchev–Trinajstić information content (AvgIpc) is 4.09. The molecule has 2 aliphatic heterocycles. The summed E-state index contributed by atoms with van der Waals surface area (Å²) in [6.07, 6.45) is 29.8. The fraction of sp³-hybridized carbons (Fsp3) is 0.741. The van der Waals surface area contributed by atoms with Crippen molar-refractivity contribution in [1.29, 1.82) is 0 Å². The number of fused-ring (bicyclic) bond motifs is 1. The van der Waals surface area contributed by atoms with Crippen molar-refractivity contribution < 1.29 is 9.59 Å². The van der Waals surface area contributed by atoms with Crippen LogP contribution < -0.4 is 5.79 Å². The van der Waals surface area contributed by atoms with Crippen molar-refractivity contribution in [1.82, 2.24) is 9.80 Å². The standard InChI is InChI=1S/C30H38N2O2S2.6C4H9.2Sn/c1-3-5-7-9-11-13-19-31-27(23-17-15-21-35-23)25-26(29(31)33)28(24-18-16-22-36-24)32(30(25)34)20-14-12-10-8-6-4-2;6*1-3-4-2;;/h15-18H,3-14,19-20H2,1-2H3;6*1,3-4H2,2H3;;. The Morgan fingerprint density at radius 3 is 0.935 bits per heavy atom. The molecule has 2 amide bonds. The molecule has 2 aromatic rings. The molecule has 0 N–H and O–H groups in total. The number of amides is 2. The first-order valence-corrected chi connectivity index (χ1v) is 43.2. The van der Waals surface area contributed by atoms with Crippen LogP contribution in [-0.2, 0) is 9.59 Å². The summed E-state index contributed by atoms with van der Waals surface area (Å²) < 4.78 is 12.0. The van der Waals surface area contributed by atoms with Crippen molar-refractivity contribution in [2.75, 3.05) is 13.1 Å². The SMILES string of the molecule is CCCCCCCCN1C(=O)C2=C(c3cc[c]([Sn]([CH2]CCC)([CH2]CCC)[CH2]CCC)s3)N(CCCCCCCC)C(=O)C2=C1c1cc[c]([Sn]([CH2]CCC)([CH2]CCC)[CH2]CCC)s1. The molecule has 4 nitrogen and oxygen atoms in total. The fourth-order valence-electron chi connectivity index (χ4n) is 10.5. The van der Waals surface area contributed by atoms with Gasteiger partial charge in [-0.2, -0.15) is 0 Å². The third-order valence-electron chi connectivity index (χ3n) is 14.4. The normalized spacial score (nSPS) is 14.8. The number of thiophene rings is 2. The minimum atomic E-state index is -2.75. The molecule has 4 heterocycles. The number of nitrogens with zero attached hydrogens (tertiary/aromatic N) is 2. The Morgan fingerprint density at radius 1 is 0.371 bits per heavy atom. The van der Waals surface area contributed by atoms with E-state index in [1.54, 1.807) is 5.79 Å². The van der Waals surface area contributed by atoms with Gasteiger partial charge in [-0.25, -0.2) is 0 Å². The number of carbonyl (C=O) groups excluding carboxylic acids is 2. The van der Waals surface area contributed by atoms with Crippen LogP contribution >= 0.6 is 22.7 Å². The molecule has 0 aromatic carbocycles. The van der Waals surface area contributed by atoms with Gasteiger partial charge in [0.05, 0.1) is 0 Å². The van der Waals surface area contributed by atoms with Crippen LogP contribution in [0.15, 0.2) is 35.4 Å². The van der Waals surface area contributed by atoms with E-state index in [2.05, 4.69) is 89.5 Å². The van der Waals surface area contributed by atoms with Gasteiger partial charge in [0, 0.05) is 0 Å². The summed E-state index contributed by atoms with van der Waals surface area (Å²) in [5.41, 5.74) is 3.39. The topological polar surface area (TPSA) is 40.6 Å². The molecule has 0 atom stereocenters. The second-order valence-electron chi connectivity index (χ2n) is 19.4. The van der Waals surface area contributed by atoms with Crippen LogP contribution in [0.4, 0.5) is 0 Å². The molecule has 8 heteroatoms. The molecule has 0 spiro atoms. The molecule has 0 bridgehead atoms. The van der Waals surface area contributed by atoms with Crippen molar-refractivity contribution in [3.63, 3.8) is 0 Å². The zero-order chi connectivity index (χ0) is 44.8. The van der Waals surface area contributed by atoms with Gasteiger partial charge in [0.2, 0.25) is 0 Å². The fourth-order valence-corrected chi connectivity index (χ4v) is 50.9. The Balaban J connectivity index is 1.92. The maximum atomic E-state index is 15.4. The van der Waals surface area contributed by atoms with Gasteiger partial charge in [-0.1, -0.05) is 13.8 Å². The molecule has 2 aliphatic rings. The zero-order valence-electron chi connectivity index (χ0n) is 41.5. The van der Waals surface area contributed by atoms with E-state index in [9.17, 15) is 0 Å². The van der Waals surface area contributed by atoms with Gasteiger partial charge in [0.1, 0.15) is 0 Å². The Labute approximate surface area is 398 Å². The third-order valence-corrected chi connectivity index (χ3v) is 53.2. The molecule has 0 saturated heterocycles. The molecule has 350 valence electrons. The monoisotopic (exact) mass is 1100 g/mol. The van der Waals surface area contributed by atoms with Gasteiger partial charge in [-0.15, -0.1) is 0 Å². The molecule has 0 radical (unpaired) electrons. The van der Waals surface area contributed by atoms with Crippen molar-refractivity contribution >= 4 is 88.4 Å². The second-order valence-corrected chi connectivity index (χ2v) is 49.9. The van der Waals surface area contributed by atoms with Gasteiger partial charge >= 0.3 is 388 Å². The summed E-state index contributed by atoms with van der Waals surface area (Å²) >= 11 is -1.47. The Morgan fingerprint density at radius 2 is 0.645 bits per heavy atom. The van der Waals surface area contributed by atoms with E-state index in [1.165, 1.54) is 165 Å². The first-order valence-electron chi connectivity index (χ1n) is 26.6. The minimum absolute atomic E-state index is 0.0951. The molecule has 62 heavy (non-hydrogen) atoms. The summed E-state index contributed by atoms with van der Waals surface area (Å²) in [4.78, 5) is 37.4. The average molecular weight is 1100 g/mol. The third kappa shape index (κ3) is 14.2. The predicted octanol–water partition coefficient (Wildman–Crippen LogP) is 16.4. The van der Waals surface area contributed by atoms with Crippen molar-refractivity contribution in [2.24, 2.45) is 0 Å². The van der Waals surface area contributed by atoms with Crippen LogP contribution in [0.3, 0.4) is 0 Å². The van der Waals surface area contributed by atoms with Gasteiger partial charge < -0.3 is 0 Å². The number of hydrogen-bond donors (Lipinski definition) is 0. The molecule has 0 saturated carbocycles. The molecule has 4 rings (SSSR count). The number of unbranched alkanes of at least 4 members (excludes halogenated alkanes) is 16. The summed E-state index contributed by atoms with van der Waals surface area (Å²) in [5.74, 6) is 0.190. The molecule has 0 fully saturated rings. The Bertz CT molecular complexity index is 1520. The summed E-state index contributed by atoms with van der Waals surface area (Å²) in [7, 11) is 0. The van der Waals surface area contributed by atoms with Crippen LogP contribution in [0.2, 0.25) is 26.6 Å². The van der Waals surface area contributed by atoms with E-state index in [0.717, 1.165) is 48.2 Å². The summed E-state index contributed by atoms with van der Waals surface area (Å²) in [6.45, 7) is 20.1. The Kier molecular flexibility index (Phi) is 25.5. The van der Waals surface area contributed by atoms with E-state index < -0.39 is 36.8 Å². The van der Waals surface area contributed by atoms with Crippen LogP contribution in [0.1, 0.15) is 219 Å². The first-order chi connectivity index (χ1) is 30.3. The number of rotatable bonds is 36. The van der Waals surface area contributed by atoms with E-state index in [4.69, 9.17) is 0 Å². The quantitative estimate of drug-likeness (QED) is 0.0504. The van der Waals surface area contributed by atoms with E-state index in [-0.39, 0.29) is 11.8 Å². The van der Waals surface area contributed by atoms with Gasteiger partial charge in [0.15, 0.2) is 0 Å². The first kappa shape index (κ1) is 54.0. The van der Waals surface area contributed by atoms with Crippen molar-refractivity contribution in [3.8, 4) is 0 Å². The summed E-state index contributed by atoms with van der Waals surface area (Å²) in [6, 6.07) is 9.75.